The molecule has 78 valence electrons. The molecule has 0 bridgehead atoms. The van der Waals surface area contributed by atoms with E-state index in [4.69, 9.17) is 10.8 Å². The van der Waals surface area contributed by atoms with Crippen molar-refractivity contribution in [2.45, 2.75) is 12.5 Å². The lowest BCUT2D eigenvalue weighted by atomic mass is 9.94. The van der Waals surface area contributed by atoms with Gasteiger partial charge in [0.25, 0.3) is 0 Å². The Morgan fingerprint density at radius 2 is 1.79 bits per heavy atom. The normalized spacial score (nSPS) is 15.2. The van der Waals surface area contributed by atoms with E-state index >= 15 is 0 Å². The zero-order valence-corrected chi connectivity index (χ0v) is 10.8. The van der Waals surface area contributed by atoms with Gasteiger partial charge in [0, 0.05) is 0 Å². The Balaban J connectivity index is 3.26. The molecule has 3 nitrogen and oxygen atoms in total. The van der Waals surface area contributed by atoms with Crippen molar-refractivity contribution in [1.82, 2.24) is 0 Å². The average Bonchev–Trinajstić information content (AvgIpc) is 2.13. The number of phenolic OH excluding ortho intramolecular Hbond substituents is 1. The lowest BCUT2D eigenvalue weighted by Gasteiger charge is -2.23. The van der Waals surface area contributed by atoms with Crippen LogP contribution in [0.4, 0.5) is 0 Å². The van der Waals surface area contributed by atoms with Crippen LogP contribution in [0.1, 0.15) is 12.5 Å². The second-order valence-electron chi connectivity index (χ2n) is 3.36. The van der Waals surface area contributed by atoms with Crippen LogP contribution in [0, 0.1) is 0 Å². The second kappa shape index (κ2) is 4.18. The van der Waals surface area contributed by atoms with Gasteiger partial charge in [-0.25, -0.2) is 0 Å². The van der Waals surface area contributed by atoms with Gasteiger partial charge in [-0.05, 0) is 56.5 Å². The van der Waals surface area contributed by atoms with E-state index < -0.39 is 5.54 Å². The number of aliphatic hydroxyl groups excluding tert-OH is 1. The number of rotatable bonds is 2. The molecule has 0 amide bonds. The SMILES string of the molecule is CC(N)(CO)c1cc(Br)c(O)c(Br)c1. The molecule has 0 aromatic heterocycles. The first-order valence-corrected chi connectivity index (χ1v) is 5.55. The van der Waals surface area contributed by atoms with Gasteiger partial charge in [0.15, 0.2) is 0 Å². The smallest absolute Gasteiger partial charge is 0.143 e. The second-order valence-corrected chi connectivity index (χ2v) is 5.07. The monoisotopic (exact) mass is 323 g/mol. The third-order valence-electron chi connectivity index (χ3n) is 2.00. The Hall–Kier alpha value is -0.100. The molecular weight excluding hydrogens is 314 g/mol. The lowest BCUT2D eigenvalue weighted by Crippen LogP contribution is -2.36. The summed E-state index contributed by atoms with van der Waals surface area (Å²) >= 11 is 6.40. The molecule has 1 atom stereocenters. The number of hydrogen-bond donors (Lipinski definition) is 3. The summed E-state index contributed by atoms with van der Waals surface area (Å²) in [7, 11) is 0. The number of nitrogens with two attached hydrogens (primary N) is 1. The zero-order valence-electron chi connectivity index (χ0n) is 7.59. The maximum atomic E-state index is 9.47. The topological polar surface area (TPSA) is 66.5 Å². The van der Waals surface area contributed by atoms with E-state index in [0.717, 1.165) is 5.56 Å². The molecular formula is C9H11Br2NO2. The highest BCUT2D eigenvalue weighted by molar-refractivity contribution is 9.11. The van der Waals surface area contributed by atoms with Crippen molar-refractivity contribution in [3.05, 3.63) is 26.6 Å². The largest absolute Gasteiger partial charge is 0.506 e. The molecule has 1 rings (SSSR count). The summed E-state index contributed by atoms with van der Waals surface area (Å²) in [5.41, 5.74) is 5.79. The van der Waals surface area contributed by atoms with Crippen molar-refractivity contribution in [2.24, 2.45) is 5.73 Å². The van der Waals surface area contributed by atoms with Crippen LogP contribution in [0.3, 0.4) is 0 Å². The highest BCUT2D eigenvalue weighted by atomic mass is 79.9. The van der Waals surface area contributed by atoms with Gasteiger partial charge < -0.3 is 15.9 Å². The van der Waals surface area contributed by atoms with Gasteiger partial charge in [-0.1, -0.05) is 0 Å². The van der Waals surface area contributed by atoms with Crippen molar-refractivity contribution >= 4 is 31.9 Å². The van der Waals surface area contributed by atoms with Gasteiger partial charge in [0.2, 0.25) is 0 Å². The van der Waals surface area contributed by atoms with Crippen molar-refractivity contribution in [1.29, 1.82) is 0 Å². The quantitative estimate of drug-likeness (QED) is 0.780. The Morgan fingerprint density at radius 3 is 2.14 bits per heavy atom. The predicted octanol–water partition coefficient (Wildman–Crippen LogP) is 2.08. The molecule has 1 aromatic rings. The molecule has 0 heterocycles. The summed E-state index contributed by atoms with van der Waals surface area (Å²) < 4.78 is 1.10. The van der Waals surface area contributed by atoms with Crippen LogP contribution in [-0.4, -0.2) is 16.8 Å². The summed E-state index contributed by atoms with van der Waals surface area (Å²) in [6.07, 6.45) is 0. The molecule has 1 aromatic carbocycles. The van der Waals surface area contributed by atoms with Crippen LogP contribution >= 0.6 is 31.9 Å². The molecule has 5 heteroatoms. The Bertz CT molecular complexity index is 330. The summed E-state index contributed by atoms with van der Waals surface area (Å²) in [6, 6.07) is 3.38. The van der Waals surface area contributed by atoms with E-state index in [1.165, 1.54) is 0 Å². The van der Waals surface area contributed by atoms with Crippen molar-refractivity contribution in [3.63, 3.8) is 0 Å². The fourth-order valence-electron chi connectivity index (χ4n) is 0.987. The zero-order chi connectivity index (χ0) is 10.9. The highest BCUT2D eigenvalue weighted by Crippen LogP contribution is 2.35. The summed E-state index contributed by atoms with van der Waals surface area (Å²) in [6.45, 7) is 1.56. The average molecular weight is 325 g/mol. The molecule has 0 saturated carbocycles. The van der Waals surface area contributed by atoms with Gasteiger partial charge in [-0.15, -0.1) is 0 Å². The first-order chi connectivity index (χ1) is 6.38. The first-order valence-electron chi connectivity index (χ1n) is 3.96. The third kappa shape index (κ3) is 2.28. The molecule has 0 fully saturated rings. The first kappa shape index (κ1) is 12.0. The van der Waals surface area contributed by atoms with Crippen molar-refractivity contribution in [3.8, 4) is 5.75 Å². The molecule has 0 saturated heterocycles. The summed E-state index contributed by atoms with van der Waals surface area (Å²) in [5.74, 6) is 0.127. The molecule has 4 N–H and O–H groups in total. The van der Waals surface area contributed by atoms with Crippen LogP contribution in [0.25, 0.3) is 0 Å². The number of benzene rings is 1. The van der Waals surface area contributed by atoms with Gasteiger partial charge >= 0.3 is 0 Å². The van der Waals surface area contributed by atoms with E-state index in [2.05, 4.69) is 31.9 Å². The summed E-state index contributed by atoms with van der Waals surface area (Å²) in [5, 5.41) is 18.6. The van der Waals surface area contributed by atoms with E-state index in [9.17, 15) is 5.11 Å². The number of aliphatic hydroxyl groups is 1. The number of phenols is 1. The molecule has 14 heavy (non-hydrogen) atoms. The minimum atomic E-state index is -0.807. The fourth-order valence-corrected chi connectivity index (χ4v) is 2.17. The third-order valence-corrected chi connectivity index (χ3v) is 3.21. The van der Waals surface area contributed by atoms with Crippen molar-refractivity contribution < 1.29 is 10.2 Å². The summed E-state index contributed by atoms with van der Waals surface area (Å²) in [4.78, 5) is 0. The Morgan fingerprint density at radius 1 is 1.36 bits per heavy atom. The minimum absolute atomic E-state index is 0.127. The van der Waals surface area contributed by atoms with Crippen LogP contribution in [0.2, 0.25) is 0 Å². The van der Waals surface area contributed by atoms with Crippen LogP contribution in [-0.2, 0) is 5.54 Å². The van der Waals surface area contributed by atoms with E-state index in [0.29, 0.717) is 8.95 Å². The van der Waals surface area contributed by atoms with Crippen LogP contribution in [0.5, 0.6) is 5.75 Å². The van der Waals surface area contributed by atoms with Gasteiger partial charge in [0.1, 0.15) is 5.75 Å². The van der Waals surface area contributed by atoms with Gasteiger partial charge in [-0.2, -0.15) is 0 Å². The highest BCUT2D eigenvalue weighted by Gasteiger charge is 2.22. The number of aromatic hydroxyl groups is 1. The molecule has 1 unspecified atom stereocenters. The van der Waals surface area contributed by atoms with Crippen molar-refractivity contribution in [2.75, 3.05) is 6.61 Å². The molecule has 0 aliphatic carbocycles. The molecule has 0 radical (unpaired) electrons. The minimum Gasteiger partial charge on any atom is -0.506 e. The lowest BCUT2D eigenvalue weighted by molar-refractivity contribution is 0.210. The van der Waals surface area contributed by atoms with Gasteiger partial charge in [-0.3, -0.25) is 0 Å². The maximum absolute atomic E-state index is 9.47. The van der Waals surface area contributed by atoms with E-state index in [1.807, 2.05) is 0 Å². The predicted molar refractivity (Wildman–Crippen MR) is 62.1 cm³/mol. The number of hydrogen-bond acceptors (Lipinski definition) is 3. The van der Waals surface area contributed by atoms with Crippen LogP contribution in [0.15, 0.2) is 21.1 Å². The maximum Gasteiger partial charge on any atom is 0.143 e. The van der Waals surface area contributed by atoms with Crippen LogP contribution < -0.4 is 5.73 Å². The van der Waals surface area contributed by atoms with E-state index in [-0.39, 0.29) is 12.4 Å². The van der Waals surface area contributed by atoms with Gasteiger partial charge in [0.05, 0.1) is 21.1 Å². The fraction of sp³-hybridized carbons (Fsp3) is 0.333. The molecule has 0 aliphatic rings. The standard InChI is InChI=1S/C9H11Br2NO2/c1-9(12,4-13)5-2-6(10)8(14)7(11)3-5/h2-3,13-14H,4,12H2,1H3. The molecule has 0 aliphatic heterocycles. The number of halogens is 2. The molecule has 0 spiro atoms. The Kier molecular flexibility index (Phi) is 3.58. The van der Waals surface area contributed by atoms with E-state index in [1.54, 1.807) is 19.1 Å². The Labute approximate surface area is 99.2 Å².